The first-order valence-corrected chi connectivity index (χ1v) is 4.79. The zero-order chi connectivity index (χ0) is 8.97. The molecule has 0 heterocycles. The molecule has 0 saturated heterocycles. The lowest BCUT2D eigenvalue weighted by Crippen LogP contribution is -2.34. The summed E-state index contributed by atoms with van der Waals surface area (Å²) in [6, 6.07) is 0.436. The summed E-state index contributed by atoms with van der Waals surface area (Å²) in [4.78, 5) is 0. The van der Waals surface area contributed by atoms with Crippen LogP contribution in [0.1, 0.15) is 19.3 Å². The monoisotopic (exact) mass is 189 g/mol. The molecule has 1 aliphatic rings. The van der Waals surface area contributed by atoms with Crippen LogP contribution in [-0.2, 0) is 0 Å². The lowest BCUT2D eigenvalue weighted by molar-refractivity contribution is 0.207. The molecule has 1 fully saturated rings. The molecular weight excluding hydrogens is 174 g/mol. The van der Waals surface area contributed by atoms with Crippen LogP contribution >= 0.6 is 11.6 Å². The van der Waals surface area contributed by atoms with Crippen molar-refractivity contribution in [1.82, 2.24) is 5.32 Å². The highest BCUT2D eigenvalue weighted by Crippen LogP contribution is 2.24. The maximum atomic E-state index is 9.01. The minimum absolute atomic E-state index is 0.284. The number of nitrogens with one attached hydrogen (secondary N) is 1. The zero-order valence-corrected chi connectivity index (χ0v) is 7.98. The maximum Gasteiger partial charge on any atom is 0.0474 e. The first kappa shape index (κ1) is 10.0. The Kier molecular flexibility index (Phi) is 4.06. The van der Waals surface area contributed by atoms with Gasteiger partial charge in [-0.25, -0.2) is 0 Å². The van der Waals surface area contributed by atoms with Gasteiger partial charge in [0.1, 0.15) is 0 Å². The Morgan fingerprint density at radius 3 is 2.92 bits per heavy atom. The van der Waals surface area contributed by atoms with E-state index in [0.717, 1.165) is 12.8 Å². The molecule has 0 aliphatic heterocycles. The van der Waals surface area contributed by atoms with E-state index < -0.39 is 0 Å². The van der Waals surface area contributed by atoms with Crippen molar-refractivity contribution in [2.45, 2.75) is 25.3 Å². The third-order valence-electron chi connectivity index (χ3n) is 2.45. The highest BCUT2D eigenvalue weighted by atomic mass is 35.5. The number of aliphatic hydroxyl groups is 1. The maximum absolute atomic E-state index is 9.01. The Bertz CT molecular complexity index is 161. The molecule has 0 aromatic rings. The molecule has 0 aromatic carbocycles. The minimum Gasteiger partial charge on any atom is -0.396 e. The zero-order valence-electron chi connectivity index (χ0n) is 7.22. The van der Waals surface area contributed by atoms with Gasteiger partial charge in [-0.15, -0.1) is 0 Å². The Hall–Kier alpha value is -0.0500. The van der Waals surface area contributed by atoms with E-state index >= 15 is 0 Å². The summed E-state index contributed by atoms with van der Waals surface area (Å²) in [5, 5.41) is 12.9. The van der Waals surface area contributed by atoms with Crippen LogP contribution in [0, 0.1) is 5.92 Å². The predicted molar refractivity (Wildman–Crippen MR) is 51.2 cm³/mol. The second kappa shape index (κ2) is 4.85. The van der Waals surface area contributed by atoms with Crippen LogP contribution in [-0.4, -0.2) is 24.3 Å². The topological polar surface area (TPSA) is 32.3 Å². The summed E-state index contributed by atoms with van der Waals surface area (Å²) in [5.74, 6) is 0.418. The third kappa shape index (κ3) is 2.77. The Morgan fingerprint density at radius 2 is 2.33 bits per heavy atom. The molecule has 1 rings (SSSR count). The highest BCUT2D eigenvalue weighted by molar-refractivity contribution is 6.29. The number of hydrogen-bond donors (Lipinski definition) is 2. The van der Waals surface area contributed by atoms with E-state index in [1.165, 1.54) is 6.42 Å². The molecule has 1 saturated carbocycles. The summed E-state index contributed by atoms with van der Waals surface area (Å²) in [6.07, 6.45) is 3.48. The summed E-state index contributed by atoms with van der Waals surface area (Å²) >= 11 is 5.63. The van der Waals surface area contributed by atoms with Crippen molar-refractivity contribution in [2.24, 2.45) is 5.92 Å². The Labute approximate surface area is 78.6 Å². The van der Waals surface area contributed by atoms with Crippen molar-refractivity contribution >= 4 is 11.6 Å². The molecule has 2 atom stereocenters. The number of hydrogen-bond acceptors (Lipinski definition) is 2. The average Bonchev–Trinajstić information content (AvgIpc) is 2.47. The van der Waals surface area contributed by atoms with Gasteiger partial charge in [0.15, 0.2) is 0 Å². The van der Waals surface area contributed by atoms with Gasteiger partial charge >= 0.3 is 0 Å². The Balaban J connectivity index is 2.26. The third-order valence-corrected chi connectivity index (χ3v) is 2.58. The summed E-state index contributed by atoms with van der Waals surface area (Å²) in [7, 11) is 0. The summed E-state index contributed by atoms with van der Waals surface area (Å²) in [5.41, 5.74) is 0. The molecule has 0 aromatic heterocycles. The number of aliphatic hydroxyl groups excluding tert-OH is 1. The van der Waals surface area contributed by atoms with Crippen LogP contribution in [0.2, 0.25) is 0 Å². The molecule has 0 radical (unpaired) electrons. The van der Waals surface area contributed by atoms with Gasteiger partial charge < -0.3 is 10.4 Å². The van der Waals surface area contributed by atoms with Gasteiger partial charge in [-0.3, -0.25) is 0 Å². The van der Waals surface area contributed by atoms with Crippen LogP contribution < -0.4 is 5.32 Å². The van der Waals surface area contributed by atoms with E-state index in [1.807, 2.05) is 0 Å². The van der Waals surface area contributed by atoms with Crippen LogP contribution in [0.15, 0.2) is 11.6 Å². The number of halogens is 1. The molecule has 70 valence electrons. The lowest BCUT2D eigenvalue weighted by Gasteiger charge is -2.18. The van der Waals surface area contributed by atoms with Gasteiger partial charge in [0, 0.05) is 24.2 Å². The molecule has 12 heavy (non-hydrogen) atoms. The quantitative estimate of drug-likeness (QED) is 0.703. The molecular formula is C9H16ClNO. The van der Waals surface area contributed by atoms with E-state index in [2.05, 4.69) is 11.9 Å². The van der Waals surface area contributed by atoms with E-state index in [1.54, 1.807) is 0 Å². The SMILES string of the molecule is C=C(Cl)CNC1CCCC1CO. The molecule has 2 nitrogen and oxygen atoms in total. The molecule has 0 spiro atoms. The van der Waals surface area contributed by atoms with Gasteiger partial charge in [-0.2, -0.15) is 0 Å². The fraction of sp³-hybridized carbons (Fsp3) is 0.778. The van der Waals surface area contributed by atoms with Crippen LogP contribution in [0.4, 0.5) is 0 Å². The van der Waals surface area contributed by atoms with Crippen molar-refractivity contribution in [1.29, 1.82) is 0 Å². The van der Waals surface area contributed by atoms with E-state index in [4.69, 9.17) is 16.7 Å². The van der Waals surface area contributed by atoms with Crippen molar-refractivity contribution < 1.29 is 5.11 Å². The fourth-order valence-corrected chi connectivity index (χ4v) is 1.84. The fourth-order valence-electron chi connectivity index (χ4n) is 1.77. The summed E-state index contributed by atoms with van der Waals surface area (Å²) < 4.78 is 0. The van der Waals surface area contributed by atoms with Gasteiger partial charge in [0.05, 0.1) is 0 Å². The normalized spacial score (nSPS) is 29.2. The van der Waals surface area contributed by atoms with E-state index in [-0.39, 0.29) is 6.61 Å². The lowest BCUT2D eigenvalue weighted by atomic mass is 10.1. The van der Waals surface area contributed by atoms with Gasteiger partial charge in [-0.05, 0) is 18.8 Å². The average molecular weight is 190 g/mol. The molecule has 0 amide bonds. The molecule has 0 bridgehead atoms. The standard InChI is InChI=1S/C9H16ClNO/c1-7(10)5-11-9-4-2-3-8(9)6-12/h8-9,11-12H,1-6H2. The Morgan fingerprint density at radius 1 is 1.58 bits per heavy atom. The molecule has 3 heteroatoms. The van der Waals surface area contributed by atoms with E-state index in [9.17, 15) is 0 Å². The number of rotatable bonds is 4. The van der Waals surface area contributed by atoms with Crippen molar-refractivity contribution in [3.8, 4) is 0 Å². The second-order valence-electron chi connectivity index (χ2n) is 3.38. The van der Waals surface area contributed by atoms with Gasteiger partial charge in [0.2, 0.25) is 0 Å². The predicted octanol–water partition coefficient (Wildman–Crippen LogP) is 1.49. The van der Waals surface area contributed by atoms with Crippen molar-refractivity contribution in [2.75, 3.05) is 13.2 Å². The summed E-state index contributed by atoms with van der Waals surface area (Å²) in [6.45, 7) is 4.55. The second-order valence-corrected chi connectivity index (χ2v) is 3.91. The van der Waals surface area contributed by atoms with Crippen LogP contribution in [0.25, 0.3) is 0 Å². The van der Waals surface area contributed by atoms with Gasteiger partial charge in [-0.1, -0.05) is 24.6 Å². The smallest absolute Gasteiger partial charge is 0.0474 e. The van der Waals surface area contributed by atoms with Crippen molar-refractivity contribution in [3.05, 3.63) is 11.6 Å². The molecule has 2 N–H and O–H groups in total. The first-order chi connectivity index (χ1) is 5.74. The highest BCUT2D eigenvalue weighted by Gasteiger charge is 2.25. The minimum atomic E-state index is 0.284. The molecule has 2 unspecified atom stereocenters. The van der Waals surface area contributed by atoms with Crippen LogP contribution in [0.5, 0.6) is 0 Å². The largest absolute Gasteiger partial charge is 0.396 e. The first-order valence-electron chi connectivity index (χ1n) is 4.41. The van der Waals surface area contributed by atoms with Crippen LogP contribution in [0.3, 0.4) is 0 Å². The van der Waals surface area contributed by atoms with Crippen molar-refractivity contribution in [3.63, 3.8) is 0 Å². The molecule has 1 aliphatic carbocycles. The van der Waals surface area contributed by atoms with E-state index in [0.29, 0.717) is 23.5 Å². The van der Waals surface area contributed by atoms with Gasteiger partial charge in [0.25, 0.3) is 0 Å².